The van der Waals surface area contributed by atoms with E-state index in [4.69, 9.17) is 11.6 Å². The van der Waals surface area contributed by atoms with Crippen molar-refractivity contribution in [2.75, 3.05) is 11.9 Å². The maximum absolute atomic E-state index is 6.17. The Morgan fingerprint density at radius 2 is 2.15 bits per heavy atom. The zero-order valence-electron chi connectivity index (χ0n) is 11.4. The highest BCUT2D eigenvalue weighted by Gasteiger charge is 2.17. The second kappa shape index (κ2) is 4.75. The zero-order chi connectivity index (χ0) is 14.3. The fourth-order valence-corrected chi connectivity index (χ4v) is 2.33. The third kappa shape index (κ3) is 2.00. The van der Waals surface area contributed by atoms with Gasteiger partial charge in [-0.05, 0) is 6.92 Å². The fourth-order valence-electron chi connectivity index (χ4n) is 2.17. The lowest BCUT2D eigenvalue weighted by Gasteiger charge is -2.21. The van der Waals surface area contributed by atoms with E-state index < -0.39 is 0 Å². The number of aromatic nitrogens is 6. The first-order valence-corrected chi connectivity index (χ1v) is 6.49. The highest BCUT2D eigenvalue weighted by atomic mass is 35.5. The van der Waals surface area contributed by atoms with Gasteiger partial charge in [-0.3, -0.25) is 0 Å². The van der Waals surface area contributed by atoms with E-state index in [1.807, 2.05) is 36.7 Å². The third-order valence-electron chi connectivity index (χ3n) is 3.23. The summed E-state index contributed by atoms with van der Waals surface area (Å²) in [6, 6.07) is 0. The number of imidazole rings is 1. The normalized spacial score (nSPS) is 11.2. The molecule has 0 bridgehead atoms. The van der Waals surface area contributed by atoms with E-state index in [0.29, 0.717) is 17.5 Å². The standard InChI is InChI=1S/C12H14ClN7/c1-8-10(13)17-12-15-7-16-20(12)11(8)19(3)6-9-14-4-5-18(9)2/h4-5,7H,6H2,1-3H3. The topological polar surface area (TPSA) is 64.1 Å². The number of hydrogen-bond donors (Lipinski definition) is 0. The summed E-state index contributed by atoms with van der Waals surface area (Å²) < 4.78 is 3.66. The second-order valence-corrected chi connectivity index (χ2v) is 4.99. The summed E-state index contributed by atoms with van der Waals surface area (Å²) in [6.07, 6.45) is 5.16. The molecule has 0 unspecified atom stereocenters. The molecule has 0 aliphatic heterocycles. The van der Waals surface area contributed by atoms with Crippen LogP contribution >= 0.6 is 11.6 Å². The summed E-state index contributed by atoms with van der Waals surface area (Å²) in [5.41, 5.74) is 0.862. The second-order valence-electron chi connectivity index (χ2n) is 4.63. The van der Waals surface area contributed by atoms with Crippen molar-refractivity contribution in [1.82, 2.24) is 29.1 Å². The van der Waals surface area contributed by atoms with Gasteiger partial charge in [-0.2, -0.15) is 19.6 Å². The first kappa shape index (κ1) is 12.9. The van der Waals surface area contributed by atoms with Gasteiger partial charge in [0.2, 0.25) is 0 Å². The molecule has 0 fully saturated rings. The summed E-state index contributed by atoms with van der Waals surface area (Å²) in [5, 5.41) is 4.65. The van der Waals surface area contributed by atoms with Crippen LogP contribution in [0.1, 0.15) is 11.4 Å². The number of hydrogen-bond acceptors (Lipinski definition) is 5. The molecule has 0 aromatic carbocycles. The molecule has 3 rings (SSSR count). The van der Waals surface area contributed by atoms with Crippen molar-refractivity contribution in [3.05, 3.63) is 35.3 Å². The van der Waals surface area contributed by atoms with Crippen molar-refractivity contribution in [3.63, 3.8) is 0 Å². The maximum atomic E-state index is 6.17. The molecule has 0 aliphatic rings. The van der Waals surface area contributed by atoms with Crippen LogP contribution in [0.5, 0.6) is 0 Å². The Labute approximate surface area is 120 Å². The molecule has 104 valence electrons. The molecule has 3 heterocycles. The molecule has 3 aromatic rings. The lowest BCUT2D eigenvalue weighted by Crippen LogP contribution is -2.23. The van der Waals surface area contributed by atoms with E-state index in [2.05, 4.69) is 20.1 Å². The van der Waals surface area contributed by atoms with Gasteiger partial charge in [-0.15, -0.1) is 0 Å². The molecule has 0 saturated heterocycles. The molecule has 0 aliphatic carbocycles. The molecule has 3 aromatic heterocycles. The summed E-state index contributed by atoms with van der Waals surface area (Å²) in [5.74, 6) is 2.30. The highest BCUT2D eigenvalue weighted by molar-refractivity contribution is 6.30. The van der Waals surface area contributed by atoms with Crippen molar-refractivity contribution >= 4 is 23.2 Å². The van der Waals surface area contributed by atoms with Crippen LogP contribution in [0.15, 0.2) is 18.7 Å². The Balaban J connectivity index is 2.06. The first-order valence-electron chi connectivity index (χ1n) is 6.11. The van der Waals surface area contributed by atoms with Gasteiger partial charge < -0.3 is 9.47 Å². The van der Waals surface area contributed by atoms with Gasteiger partial charge >= 0.3 is 0 Å². The number of aryl methyl sites for hydroxylation is 1. The summed E-state index contributed by atoms with van der Waals surface area (Å²) in [4.78, 5) is 14.7. The van der Waals surface area contributed by atoms with E-state index >= 15 is 0 Å². The smallest absolute Gasteiger partial charge is 0.255 e. The van der Waals surface area contributed by atoms with E-state index in [0.717, 1.165) is 17.2 Å². The number of halogens is 1. The van der Waals surface area contributed by atoms with Crippen LogP contribution in [0, 0.1) is 6.92 Å². The molecular formula is C12H14ClN7. The summed E-state index contributed by atoms with van der Waals surface area (Å²) >= 11 is 6.17. The van der Waals surface area contributed by atoms with Gasteiger partial charge in [0, 0.05) is 32.1 Å². The van der Waals surface area contributed by atoms with Crippen molar-refractivity contribution in [2.24, 2.45) is 7.05 Å². The average Bonchev–Trinajstić information content (AvgIpc) is 3.00. The van der Waals surface area contributed by atoms with Gasteiger partial charge in [-0.1, -0.05) is 11.6 Å². The Kier molecular flexibility index (Phi) is 3.06. The SMILES string of the molecule is Cc1c(Cl)nc2ncnn2c1N(C)Cc1nccn1C. The lowest BCUT2D eigenvalue weighted by molar-refractivity contribution is 0.739. The van der Waals surface area contributed by atoms with Crippen molar-refractivity contribution in [2.45, 2.75) is 13.5 Å². The number of rotatable bonds is 3. The highest BCUT2D eigenvalue weighted by Crippen LogP contribution is 2.25. The van der Waals surface area contributed by atoms with Crippen LogP contribution in [0.2, 0.25) is 5.15 Å². The molecule has 0 spiro atoms. The molecule has 8 heteroatoms. The van der Waals surface area contributed by atoms with Gasteiger partial charge in [0.05, 0.1) is 6.54 Å². The fraction of sp³-hybridized carbons (Fsp3) is 0.333. The van der Waals surface area contributed by atoms with Crippen LogP contribution in [-0.2, 0) is 13.6 Å². The Bertz CT molecular complexity index is 760. The Hall–Kier alpha value is -2.15. The van der Waals surface area contributed by atoms with Crippen molar-refractivity contribution in [3.8, 4) is 0 Å². The Morgan fingerprint density at radius 1 is 1.35 bits per heavy atom. The zero-order valence-corrected chi connectivity index (χ0v) is 12.2. The van der Waals surface area contributed by atoms with E-state index in [1.54, 1.807) is 10.7 Å². The van der Waals surface area contributed by atoms with Crippen LogP contribution in [0.3, 0.4) is 0 Å². The van der Waals surface area contributed by atoms with Crippen LogP contribution in [0.25, 0.3) is 5.78 Å². The quantitative estimate of drug-likeness (QED) is 0.684. The largest absolute Gasteiger partial charge is 0.352 e. The molecule has 0 saturated carbocycles. The molecular weight excluding hydrogens is 278 g/mol. The molecule has 0 amide bonds. The van der Waals surface area contributed by atoms with Crippen molar-refractivity contribution in [1.29, 1.82) is 0 Å². The molecule has 20 heavy (non-hydrogen) atoms. The monoisotopic (exact) mass is 291 g/mol. The van der Waals surface area contributed by atoms with Gasteiger partial charge in [0.25, 0.3) is 5.78 Å². The van der Waals surface area contributed by atoms with Crippen LogP contribution in [0.4, 0.5) is 5.82 Å². The maximum Gasteiger partial charge on any atom is 0.255 e. The number of anilines is 1. The third-order valence-corrected chi connectivity index (χ3v) is 3.60. The molecule has 7 nitrogen and oxygen atoms in total. The molecule has 0 radical (unpaired) electrons. The summed E-state index contributed by atoms with van der Waals surface area (Å²) in [7, 11) is 3.93. The van der Waals surface area contributed by atoms with Gasteiger partial charge in [-0.25, -0.2) is 4.98 Å². The van der Waals surface area contributed by atoms with Crippen LogP contribution in [-0.4, -0.2) is 36.2 Å². The van der Waals surface area contributed by atoms with E-state index in [-0.39, 0.29) is 0 Å². The van der Waals surface area contributed by atoms with Gasteiger partial charge in [0.1, 0.15) is 23.1 Å². The van der Waals surface area contributed by atoms with E-state index in [9.17, 15) is 0 Å². The minimum Gasteiger partial charge on any atom is -0.352 e. The van der Waals surface area contributed by atoms with E-state index in [1.165, 1.54) is 6.33 Å². The summed E-state index contributed by atoms with van der Waals surface area (Å²) in [6.45, 7) is 2.56. The van der Waals surface area contributed by atoms with Crippen LogP contribution < -0.4 is 4.90 Å². The van der Waals surface area contributed by atoms with Crippen molar-refractivity contribution < 1.29 is 0 Å². The van der Waals surface area contributed by atoms with Gasteiger partial charge in [0.15, 0.2) is 0 Å². The predicted octanol–water partition coefficient (Wildman–Crippen LogP) is 1.46. The average molecular weight is 292 g/mol. The minimum absolute atomic E-state index is 0.437. The first-order chi connectivity index (χ1) is 9.58. The Morgan fingerprint density at radius 3 is 2.85 bits per heavy atom. The predicted molar refractivity (Wildman–Crippen MR) is 75.8 cm³/mol. The molecule has 0 N–H and O–H groups in total. The molecule has 0 atom stereocenters. The lowest BCUT2D eigenvalue weighted by atomic mass is 10.3. The minimum atomic E-state index is 0.437. The number of nitrogens with zero attached hydrogens (tertiary/aromatic N) is 7. The number of fused-ring (bicyclic) bond motifs is 1.